The molecule has 22 rings (SSSR count). The summed E-state index contributed by atoms with van der Waals surface area (Å²) in [5.74, 6) is 1.75. The summed E-state index contributed by atoms with van der Waals surface area (Å²) in [6, 6.07) is 120. The summed E-state index contributed by atoms with van der Waals surface area (Å²) in [6.07, 6.45) is 0. The Kier molecular flexibility index (Phi) is 12.6. The zero-order valence-electron chi connectivity index (χ0n) is 54.6. The number of nitrogens with zero attached hydrogens (tertiary/aromatic N) is 6. The van der Waals surface area contributed by atoms with Crippen molar-refractivity contribution in [2.45, 2.75) is 0 Å². The average molecular weight is 1350 g/mol. The number of thiophene rings is 3. The summed E-state index contributed by atoms with van der Waals surface area (Å²) in [4.78, 5) is 16.3. The van der Waals surface area contributed by atoms with Crippen LogP contribution in [0.25, 0.3) is 211 Å². The minimum atomic E-state index is 0.582. The summed E-state index contributed by atoms with van der Waals surface area (Å²) in [5, 5.41) is 15.0. The summed E-state index contributed by atoms with van der Waals surface area (Å²) >= 11 is 5.56. The molecule has 0 aliphatic rings. The Balaban J connectivity index is 0.656. The SMILES string of the molecule is c1cc(-c2nc(-c3ccc(-n4c5ccccc5c5cc(-c6ccc7sc8ccccc8c7c6)ccc54)cc3)nc(-c3ccc(-n4c5ccccc5c5cc(-c6ccc7sc8ccccc8c7c6)ccc54)cc3)n2)cc(-n2c3ccccc3c3cc(-c4ccc5sc6ccccc6c5c4)ccc32)c1. The van der Waals surface area contributed by atoms with Crippen LogP contribution in [0.3, 0.4) is 0 Å². The highest BCUT2D eigenvalue weighted by atomic mass is 32.1. The molecule has 15 aromatic carbocycles. The second-order valence-corrected chi connectivity index (χ2v) is 29.9. The number of rotatable bonds is 9. The Bertz CT molecular complexity index is 6970. The lowest BCUT2D eigenvalue weighted by molar-refractivity contribution is 1.07. The molecule has 0 saturated heterocycles. The molecule has 0 saturated carbocycles. The minimum absolute atomic E-state index is 0.582. The number of aromatic nitrogens is 6. The van der Waals surface area contributed by atoms with Crippen molar-refractivity contribution in [1.29, 1.82) is 0 Å². The van der Waals surface area contributed by atoms with E-state index in [1.807, 2.05) is 34.0 Å². The molecule has 0 fully saturated rings. The molecule has 474 valence electrons. The predicted octanol–water partition coefficient (Wildman–Crippen LogP) is 26.3. The molecule has 0 bridgehead atoms. The molecule has 0 N–H and O–H groups in total. The highest BCUT2D eigenvalue weighted by Crippen LogP contribution is 2.45. The van der Waals surface area contributed by atoms with E-state index in [-0.39, 0.29) is 0 Å². The number of para-hydroxylation sites is 3. The first-order chi connectivity index (χ1) is 50.5. The first-order valence-electron chi connectivity index (χ1n) is 34.4. The second kappa shape index (κ2) is 22.4. The third kappa shape index (κ3) is 8.98. The van der Waals surface area contributed by atoms with Gasteiger partial charge in [-0.05, 0) is 203 Å². The standard InChI is InChI=1S/C93H54N6S3/c1-7-22-79-67(16-1)73-49-57(60-35-45-88-76(52-60)70-19-4-10-25-85(70)100-88)32-42-82(73)97(79)64-38-28-55(29-39-64)91-94-92(56-30-40-65(41-31-56)98-80-23-8-2-17-68(80)74-50-58(33-43-83(74)98)61-36-46-89-77(53-61)71-20-5-11-26-86(71)101-89)96-93(95-91)63-14-13-15-66(48-63)99-81-24-9-3-18-69(81)75-51-59(34-44-84(75)99)62-37-47-90-78(54-62)72-21-6-12-27-87(72)102-90/h1-54H. The molecule has 0 unspecified atom stereocenters. The van der Waals surface area contributed by atoms with Crippen LogP contribution in [-0.2, 0) is 0 Å². The molecule has 22 aromatic rings. The lowest BCUT2D eigenvalue weighted by atomic mass is 10.0. The molecule has 9 heteroatoms. The van der Waals surface area contributed by atoms with Crippen molar-refractivity contribution in [2.24, 2.45) is 0 Å². The van der Waals surface area contributed by atoms with Crippen LogP contribution in [0.15, 0.2) is 328 Å². The van der Waals surface area contributed by atoms with Gasteiger partial charge in [0.05, 0.1) is 33.1 Å². The zero-order chi connectivity index (χ0) is 66.7. The number of hydrogen-bond acceptors (Lipinski definition) is 6. The van der Waals surface area contributed by atoms with Gasteiger partial charge in [0.15, 0.2) is 17.5 Å². The quantitative estimate of drug-likeness (QED) is 0.145. The molecule has 6 nitrogen and oxygen atoms in total. The summed E-state index contributed by atoms with van der Waals surface area (Å²) in [5.41, 5.74) is 19.8. The van der Waals surface area contributed by atoms with E-state index in [2.05, 4.69) is 341 Å². The first-order valence-corrected chi connectivity index (χ1v) is 36.9. The van der Waals surface area contributed by atoms with Gasteiger partial charge in [0.25, 0.3) is 0 Å². The van der Waals surface area contributed by atoms with E-state index >= 15 is 0 Å². The van der Waals surface area contributed by atoms with Gasteiger partial charge in [-0.15, -0.1) is 34.0 Å². The van der Waals surface area contributed by atoms with Gasteiger partial charge < -0.3 is 13.7 Å². The predicted molar refractivity (Wildman–Crippen MR) is 434 cm³/mol. The van der Waals surface area contributed by atoms with Crippen LogP contribution in [-0.4, -0.2) is 28.7 Å². The van der Waals surface area contributed by atoms with E-state index in [1.54, 1.807) is 0 Å². The molecular weight excluding hydrogens is 1300 g/mol. The van der Waals surface area contributed by atoms with Crippen molar-refractivity contribution in [3.63, 3.8) is 0 Å². The molecule has 0 amide bonds. The second-order valence-electron chi connectivity index (χ2n) is 26.6. The fraction of sp³-hybridized carbons (Fsp3) is 0. The Labute approximate surface area is 596 Å². The van der Waals surface area contributed by atoms with E-state index in [9.17, 15) is 0 Å². The molecule has 0 atom stereocenters. The fourth-order valence-electron chi connectivity index (χ4n) is 16.1. The minimum Gasteiger partial charge on any atom is -0.309 e. The van der Waals surface area contributed by atoms with Gasteiger partial charge >= 0.3 is 0 Å². The Morgan fingerprint density at radius 3 is 0.814 bits per heavy atom. The van der Waals surface area contributed by atoms with Crippen molar-refractivity contribution < 1.29 is 0 Å². The van der Waals surface area contributed by atoms with Crippen LogP contribution in [0.2, 0.25) is 0 Å². The summed E-state index contributed by atoms with van der Waals surface area (Å²) in [6.45, 7) is 0. The molecule has 0 radical (unpaired) electrons. The highest BCUT2D eigenvalue weighted by Gasteiger charge is 2.22. The summed E-state index contributed by atoms with van der Waals surface area (Å²) in [7, 11) is 0. The monoisotopic (exact) mass is 1350 g/mol. The Morgan fingerprint density at radius 1 is 0.167 bits per heavy atom. The van der Waals surface area contributed by atoms with E-state index in [4.69, 9.17) is 15.0 Å². The van der Waals surface area contributed by atoms with Crippen LogP contribution < -0.4 is 0 Å². The largest absolute Gasteiger partial charge is 0.309 e. The molecule has 0 spiro atoms. The van der Waals surface area contributed by atoms with Crippen molar-refractivity contribution in [3.05, 3.63) is 328 Å². The normalized spacial score (nSPS) is 12.1. The number of hydrogen-bond donors (Lipinski definition) is 0. The zero-order valence-corrected chi connectivity index (χ0v) is 57.0. The molecule has 0 aliphatic carbocycles. The Hall–Kier alpha value is -12.6. The van der Waals surface area contributed by atoms with Crippen LogP contribution in [0.4, 0.5) is 0 Å². The van der Waals surface area contributed by atoms with Gasteiger partial charge in [-0.3, -0.25) is 0 Å². The molecule has 7 aromatic heterocycles. The van der Waals surface area contributed by atoms with E-state index in [1.165, 1.54) is 126 Å². The first kappa shape index (κ1) is 57.3. The van der Waals surface area contributed by atoms with Crippen molar-refractivity contribution in [3.8, 4) is 84.6 Å². The van der Waals surface area contributed by atoms with Crippen LogP contribution in [0, 0.1) is 0 Å². The van der Waals surface area contributed by atoms with Gasteiger partial charge in [0.2, 0.25) is 0 Å². The van der Waals surface area contributed by atoms with Crippen LogP contribution in [0.5, 0.6) is 0 Å². The van der Waals surface area contributed by atoms with E-state index in [0.717, 1.165) is 66.9 Å². The molecule has 7 heterocycles. The van der Waals surface area contributed by atoms with Gasteiger partial charge in [0.1, 0.15) is 0 Å². The number of fused-ring (bicyclic) bond motifs is 18. The lowest BCUT2D eigenvalue weighted by Crippen LogP contribution is -2.02. The Morgan fingerprint density at radius 2 is 0.441 bits per heavy atom. The number of benzene rings is 15. The van der Waals surface area contributed by atoms with Crippen molar-refractivity contribution in [2.75, 3.05) is 0 Å². The molecular formula is C93H54N6S3. The van der Waals surface area contributed by atoms with Crippen LogP contribution in [0.1, 0.15) is 0 Å². The van der Waals surface area contributed by atoms with E-state index in [0.29, 0.717) is 17.5 Å². The smallest absolute Gasteiger partial charge is 0.164 e. The van der Waals surface area contributed by atoms with E-state index < -0.39 is 0 Å². The van der Waals surface area contributed by atoms with Crippen LogP contribution >= 0.6 is 34.0 Å². The third-order valence-electron chi connectivity index (χ3n) is 20.9. The fourth-order valence-corrected chi connectivity index (χ4v) is 19.3. The maximum atomic E-state index is 5.43. The van der Waals surface area contributed by atoms with Gasteiger partial charge in [0, 0.05) is 127 Å². The lowest BCUT2D eigenvalue weighted by Gasteiger charge is -2.13. The van der Waals surface area contributed by atoms with Gasteiger partial charge in [-0.25, -0.2) is 15.0 Å². The maximum Gasteiger partial charge on any atom is 0.164 e. The molecule has 0 aliphatic heterocycles. The van der Waals surface area contributed by atoms with Crippen molar-refractivity contribution >= 4 is 160 Å². The third-order valence-corrected chi connectivity index (χ3v) is 24.4. The maximum absolute atomic E-state index is 5.43. The summed E-state index contributed by atoms with van der Waals surface area (Å²) < 4.78 is 15.0. The van der Waals surface area contributed by atoms with Gasteiger partial charge in [-0.2, -0.15) is 0 Å². The topological polar surface area (TPSA) is 53.5 Å². The molecule has 102 heavy (non-hydrogen) atoms. The highest BCUT2D eigenvalue weighted by molar-refractivity contribution is 7.26. The van der Waals surface area contributed by atoms with Crippen molar-refractivity contribution in [1.82, 2.24) is 28.7 Å². The average Bonchev–Trinajstić information content (AvgIpc) is 1.59. The van der Waals surface area contributed by atoms with Gasteiger partial charge in [-0.1, -0.05) is 158 Å².